The third kappa shape index (κ3) is 2.93. The van der Waals surface area contributed by atoms with Gasteiger partial charge in [-0.25, -0.2) is 0 Å². The number of nitrogens with one attached hydrogen (secondary N) is 1. The van der Waals surface area contributed by atoms with Gasteiger partial charge in [0.15, 0.2) is 0 Å². The summed E-state index contributed by atoms with van der Waals surface area (Å²) in [6.45, 7) is 0.775. The zero-order valence-corrected chi connectivity index (χ0v) is 10.4. The number of nitriles is 1. The summed E-state index contributed by atoms with van der Waals surface area (Å²) in [5, 5.41) is 21.8. The van der Waals surface area contributed by atoms with Crippen molar-refractivity contribution in [3.05, 3.63) is 23.8 Å². The van der Waals surface area contributed by atoms with Crippen LogP contribution in [0.15, 0.2) is 18.2 Å². The zero-order valence-electron chi connectivity index (χ0n) is 10.4. The van der Waals surface area contributed by atoms with E-state index in [1.165, 1.54) is 0 Å². The highest BCUT2D eigenvalue weighted by molar-refractivity contribution is 5.58. The van der Waals surface area contributed by atoms with Crippen LogP contribution in [0.1, 0.15) is 24.8 Å². The molecule has 18 heavy (non-hydrogen) atoms. The molecule has 0 amide bonds. The van der Waals surface area contributed by atoms with Crippen LogP contribution in [0.5, 0.6) is 0 Å². The molecular formula is C14H19N3O. The molecule has 1 aliphatic carbocycles. The SMILES string of the molecule is N#CCc1cc(NCC2CCCC2O)ccc1N. The molecule has 0 aromatic heterocycles. The van der Waals surface area contributed by atoms with Gasteiger partial charge in [0.05, 0.1) is 18.6 Å². The lowest BCUT2D eigenvalue weighted by molar-refractivity contribution is 0.138. The van der Waals surface area contributed by atoms with Gasteiger partial charge in [-0.1, -0.05) is 6.42 Å². The van der Waals surface area contributed by atoms with E-state index in [0.717, 1.165) is 37.1 Å². The minimum Gasteiger partial charge on any atom is -0.398 e. The molecule has 0 bridgehead atoms. The van der Waals surface area contributed by atoms with Gasteiger partial charge in [-0.05, 0) is 36.6 Å². The van der Waals surface area contributed by atoms with Crippen molar-refractivity contribution in [2.24, 2.45) is 5.92 Å². The Balaban J connectivity index is 1.97. The average molecular weight is 245 g/mol. The highest BCUT2D eigenvalue weighted by Gasteiger charge is 2.24. The van der Waals surface area contributed by atoms with Crippen LogP contribution in [-0.4, -0.2) is 17.8 Å². The van der Waals surface area contributed by atoms with E-state index in [4.69, 9.17) is 11.0 Å². The number of rotatable bonds is 4. The Bertz CT molecular complexity index is 453. The summed E-state index contributed by atoms with van der Waals surface area (Å²) in [5.74, 6) is 0.335. The Morgan fingerprint density at radius 2 is 2.28 bits per heavy atom. The van der Waals surface area contributed by atoms with Crippen molar-refractivity contribution in [2.75, 3.05) is 17.6 Å². The summed E-state index contributed by atoms with van der Waals surface area (Å²) in [4.78, 5) is 0. The van der Waals surface area contributed by atoms with Crippen molar-refractivity contribution >= 4 is 11.4 Å². The van der Waals surface area contributed by atoms with E-state index in [1.54, 1.807) is 0 Å². The summed E-state index contributed by atoms with van der Waals surface area (Å²) in [6.07, 6.45) is 3.24. The first kappa shape index (κ1) is 12.7. The molecule has 2 unspecified atom stereocenters. The van der Waals surface area contributed by atoms with Crippen LogP contribution in [0.4, 0.5) is 11.4 Å². The van der Waals surface area contributed by atoms with E-state index in [0.29, 0.717) is 18.0 Å². The summed E-state index contributed by atoms with van der Waals surface area (Å²) < 4.78 is 0. The van der Waals surface area contributed by atoms with E-state index in [9.17, 15) is 5.11 Å². The third-order valence-electron chi connectivity index (χ3n) is 3.60. The van der Waals surface area contributed by atoms with Crippen molar-refractivity contribution in [1.82, 2.24) is 0 Å². The van der Waals surface area contributed by atoms with Crippen molar-refractivity contribution < 1.29 is 5.11 Å². The maximum atomic E-state index is 9.75. The summed E-state index contributed by atoms with van der Waals surface area (Å²) in [7, 11) is 0. The molecule has 0 radical (unpaired) electrons. The first-order chi connectivity index (χ1) is 8.70. The summed E-state index contributed by atoms with van der Waals surface area (Å²) in [5.41, 5.74) is 8.27. The van der Waals surface area contributed by atoms with Crippen LogP contribution in [-0.2, 0) is 6.42 Å². The fourth-order valence-corrected chi connectivity index (χ4v) is 2.46. The topological polar surface area (TPSA) is 82.1 Å². The Kier molecular flexibility index (Phi) is 4.06. The second-order valence-electron chi connectivity index (χ2n) is 4.89. The first-order valence-corrected chi connectivity index (χ1v) is 6.38. The van der Waals surface area contributed by atoms with Crippen LogP contribution in [0, 0.1) is 17.2 Å². The Morgan fingerprint density at radius 1 is 1.44 bits per heavy atom. The van der Waals surface area contributed by atoms with E-state index in [2.05, 4.69) is 11.4 Å². The van der Waals surface area contributed by atoms with Crippen LogP contribution >= 0.6 is 0 Å². The molecule has 4 nitrogen and oxygen atoms in total. The van der Waals surface area contributed by atoms with Crippen LogP contribution in [0.25, 0.3) is 0 Å². The number of nitrogens with two attached hydrogens (primary N) is 1. The fraction of sp³-hybridized carbons (Fsp3) is 0.500. The normalized spacial score (nSPS) is 22.7. The number of anilines is 2. The van der Waals surface area contributed by atoms with Crippen molar-refractivity contribution in [3.63, 3.8) is 0 Å². The second kappa shape index (κ2) is 5.74. The van der Waals surface area contributed by atoms with Gasteiger partial charge in [-0.3, -0.25) is 0 Å². The largest absolute Gasteiger partial charge is 0.398 e. The van der Waals surface area contributed by atoms with Gasteiger partial charge in [-0.2, -0.15) is 5.26 Å². The second-order valence-corrected chi connectivity index (χ2v) is 4.89. The molecule has 0 heterocycles. The van der Waals surface area contributed by atoms with Crippen molar-refractivity contribution in [2.45, 2.75) is 31.8 Å². The van der Waals surface area contributed by atoms with E-state index < -0.39 is 0 Å². The molecule has 0 spiro atoms. The lowest BCUT2D eigenvalue weighted by Gasteiger charge is -2.16. The van der Waals surface area contributed by atoms with E-state index in [1.807, 2.05) is 18.2 Å². The number of aliphatic hydroxyl groups is 1. The fourth-order valence-electron chi connectivity index (χ4n) is 2.46. The third-order valence-corrected chi connectivity index (χ3v) is 3.60. The molecule has 1 aliphatic rings. The quantitative estimate of drug-likeness (QED) is 0.708. The van der Waals surface area contributed by atoms with Gasteiger partial charge < -0.3 is 16.2 Å². The van der Waals surface area contributed by atoms with Crippen LogP contribution in [0.3, 0.4) is 0 Å². The van der Waals surface area contributed by atoms with Gasteiger partial charge in [0, 0.05) is 23.8 Å². The first-order valence-electron chi connectivity index (χ1n) is 6.38. The molecule has 1 saturated carbocycles. The molecule has 0 saturated heterocycles. The number of nitrogens with zero attached hydrogens (tertiary/aromatic N) is 1. The van der Waals surface area contributed by atoms with E-state index in [-0.39, 0.29) is 6.10 Å². The minimum atomic E-state index is -0.176. The highest BCUT2D eigenvalue weighted by Crippen LogP contribution is 2.26. The zero-order chi connectivity index (χ0) is 13.0. The molecule has 96 valence electrons. The Hall–Kier alpha value is -1.73. The molecule has 0 aliphatic heterocycles. The highest BCUT2D eigenvalue weighted by atomic mass is 16.3. The van der Waals surface area contributed by atoms with Gasteiger partial charge in [0.25, 0.3) is 0 Å². The molecule has 4 N–H and O–H groups in total. The number of aliphatic hydroxyl groups excluding tert-OH is 1. The predicted molar refractivity (Wildman–Crippen MR) is 72.0 cm³/mol. The molecule has 1 aromatic rings. The van der Waals surface area contributed by atoms with Gasteiger partial charge in [0.1, 0.15) is 0 Å². The summed E-state index contributed by atoms with van der Waals surface area (Å²) in [6, 6.07) is 7.76. The van der Waals surface area contributed by atoms with Gasteiger partial charge >= 0.3 is 0 Å². The van der Waals surface area contributed by atoms with Crippen LogP contribution < -0.4 is 11.1 Å². The minimum absolute atomic E-state index is 0.176. The molecule has 4 heteroatoms. The van der Waals surface area contributed by atoms with Gasteiger partial charge in [-0.15, -0.1) is 0 Å². The molecule has 2 atom stereocenters. The van der Waals surface area contributed by atoms with Gasteiger partial charge in [0.2, 0.25) is 0 Å². The molecule has 1 aromatic carbocycles. The average Bonchev–Trinajstić information content (AvgIpc) is 2.76. The monoisotopic (exact) mass is 245 g/mol. The molecule has 1 fully saturated rings. The molecular weight excluding hydrogens is 226 g/mol. The number of hydrogen-bond acceptors (Lipinski definition) is 4. The maximum Gasteiger partial charge on any atom is 0.0670 e. The lowest BCUT2D eigenvalue weighted by atomic mass is 10.1. The maximum absolute atomic E-state index is 9.75. The standard InChI is InChI=1S/C14H19N3O/c15-7-6-10-8-12(4-5-13(10)16)17-9-11-2-1-3-14(11)18/h4-5,8,11,14,17-18H,1-3,6,9,16H2. The van der Waals surface area contributed by atoms with Crippen molar-refractivity contribution in [3.8, 4) is 6.07 Å². The Labute approximate surface area is 107 Å². The molecule has 2 rings (SSSR count). The summed E-state index contributed by atoms with van der Waals surface area (Å²) >= 11 is 0. The smallest absolute Gasteiger partial charge is 0.0670 e. The van der Waals surface area contributed by atoms with E-state index >= 15 is 0 Å². The number of hydrogen-bond donors (Lipinski definition) is 3. The lowest BCUT2D eigenvalue weighted by Crippen LogP contribution is -2.21. The number of benzene rings is 1. The van der Waals surface area contributed by atoms with Crippen molar-refractivity contribution in [1.29, 1.82) is 5.26 Å². The Morgan fingerprint density at radius 3 is 2.94 bits per heavy atom. The number of nitrogen functional groups attached to an aromatic ring is 1. The van der Waals surface area contributed by atoms with Crippen LogP contribution in [0.2, 0.25) is 0 Å². The predicted octanol–water partition coefficient (Wildman–Crippen LogP) is 1.91.